The summed E-state index contributed by atoms with van der Waals surface area (Å²) in [7, 11) is -3.77. The molecule has 3 aromatic rings. The van der Waals surface area contributed by atoms with E-state index in [0.717, 1.165) is 9.54 Å². The lowest BCUT2D eigenvalue weighted by Crippen LogP contribution is -2.12. The van der Waals surface area contributed by atoms with Crippen molar-refractivity contribution in [3.8, 4) is 0 Å². The van der Waals surface area contributed by atoms with Crippen LogP contribution in [0.4, 0.5) is 0 Å². The maximum atomic E-state index is 12.7. The minimum absolute atomic E-state index is 0.00812. The first-order valence-corrected chi connectivity index (χ1v) is 8.11. The first-order chi connectivity index (χ1) is 9.89. The van der Waals surface area contributed by atoms with Crippen molar-refractivity contribution >= 4 is 44.3 Å². The van der Waals surface area contributed by atoms with Crippen LogP contribution >= 0.6 is 23.2 Å². The van der Waals surface area contributed by atoms with E-state index >= 15 is 0 Å². The van der Waals surface area contributed by atoms with Gasteiger partial charge in [-0.2, -0.15) is 0 Å². The summed E-state index contributed by atoms with van der Waals surface area (Å²) >= 11 is 11.7. The van der Waals surface area contributed by atoms with Crippen LogP contribution in [0.15, 0.2) is 41.4 Å². The summed E-state index contributed by atoms with van der Waals surface area (Å²) in [6, 6.07) is 8.15. The van der Waals surface area contributed by atoms with Gasteiger partial charge in [0.05, 0.1) is 10.4 Å². The van der Waals surface area contributed by atoms with Gasteiger partial charge in [0.1, 0.15) is 5.52 Å². The molecule has 108 valence electrons. The molecule has 0 unspecified atom stereocenters. The van der Waals surface area contributed by atoms with E-state index in [1.807, 2.05) is 13.0 Å². The van der Waals surface area contributed by atoms with Crippen LogP contribution in [-0.4, -0.2) is 22.4 Å². The third-order valence-electron chi connectivity index (χ3n) is 2.98. The molecule has 0 amide bonds. The van der Waals surface area contributed by atoms with Crippen molar-refractivity contribution in [3.63, 3.8) is 0 Å². The van der Waals surface area contributed by atoms with Crippen molar-refractivity contribution in [2.45, 2.75) is 11.8 Å². The van der Waals surface area contributed by atoms with Crippen LogP contribution in [0, 0.1) is 6.92 Å². The fourth-order valence-corrected chi connectivity index (χ4v) is 4.03. The molecule has 0 radical (unpaired) electrons. The van der Waals surface area contributed by atoms with Gasteiger partial charge in [-0.1, -0.05) is 23.7 Å². The van der Waals surface area contributed by atoms with Gasteiger partial charge in [-0.05, 0) is 42.3 Å². The monoisotopic (exact) mass is 341 g/mol. The zero-order chi connectivity index (χ0) is 15.2. The van der Waals surface area contributed by atoms with E-state index in [-0.39, 0.29) is 20.8 Å². The minimum Gasteiger partial charge on any atom is -0.236 e. The van der Waals surface area contributed by atoms with Gasteiger partial charge in [0.25, 0.3) is 10.0 Å². The number of benzene rings is 1. The highest BCUT2D eigenvalue weighted by Gasteiger charge is 2.21. The smallest absolute Gasteiger partial charge is 0.236 e. The zero-order valence-electron chi connectivity index (χ0n) is 10.8. The Bertz CT molecular complexity index is 951. The molecule has 0 aliphatic carbocycles. The molecule has 0 N–H and O–H groups in total. The van der Waals surface area contributed by atoms with Crippen LogP contribution in [0.25, 0.3) is 11.0 Å². The third kappa shape index (κ3) is 2.39. The van der Waals surface area contributed by atoms with E-state index in [1.54, 1.807) is 12.1 Å². The number of hydrogen-bond donors (Lipinski definition) is 0. The van der Waals surface area contributed by atoms with Gasteiger partial charge in [0, 0.05) is 6.20 Å². The van der Waals surface area contributed by atoms with Crippen LogP contribution in [0.3, 0.4) is 0 Å². The lowest BCUT2D eigenvalue weighted by Gasteiger charge is -2.08. The molecule has 0 saturated heterocycles. The van der Waals surface area contributed by atoms with Gasteiger partial charge < -0.3 is 0 Å². The largest absolute Gasteiger partial charge is 0.268 e. The fraction of sp³-hybridized carbons (Fsp3) is 0.0769. The predicted octanol–water partition coefficient (Wildman–Crippen LogP) is 3.28. The van der Waals surface area contributed by atoms with Crippen molar-refractivity contribution in [1.82, 2.24) is 13.9 Å². The van der Waals surface area contributed by atoms with E-state index in [2.05, 4.69) is 9.97 Å². The van der Waals surface area contributed by atoms with Gasteiger partial charge in [0.15, 0.2) is 5.15 Å². The Hall–Kier alpha value is -1.63. The summed E-state index contributed by atoms with van der Waals surface area (Å²) in [5, 5.41) is -0.0376. The van der Waals surface area contributed by atoms with Gasteiger partial charge >= 0.3 is 0 Å². The van der Waals surface area contributed by atoms with Crippen molar-refractivity contribution in [2.75, 3.05) is 0 Å². The highest BCUT2D eigenvalue weighted by molar-refractivity contribution is 7.90. The maximum absolute atomic E-state index is 12.7. The Kier molecular flexibility index (Phi) is 3.39. The SMILES string of the molecule is Cc1cccc(S(=O)(=O)n2ccc3nc(Cl)nc(Cl)c32)c1. The molecule has 21 heavy (non-hydrogen) atoms. The topological polar surface area (TPSA) is 64.8 Å². The first kappa shape index (κ1) is 14.3. The molecule has 0 atom stereocenters. The van der Waals surface area contributed by atoms with Gasteiger partial charge in [-0.25, -0.2) is 22.4 Å². The zero-order valence-corrected chi connectivity index (χ0v) is 13.1. The molecule has 3 rings (SSSR count). The van der Waals surface area contributed by atoms with E-state index in [9.17, 15) is 8.42 Å². The Morgan fingerprint density at radius 2 is 1.90 bits per heavy atom. The van der Waals surface area contributed by atoms with Crippen LogP contribution in [0.2, 0.25) is 10.4 Å². The Morgan fingerprint density at radius 3 is 2.62 bits per heavy atom. The standard InChI is InChI=1S/C13H9Cl2N3O2S/c1-8-3-2-4-9(7-8)21(19,20)18-6-5-10-11(18)12(14)17-13(15)16-10/h2-7H,1H3. The summed E-state index contributed by atoms with van der Waals surface area (Å²) in [5.41, 5.74) is 1.43. The van der Waals surface area contributed by atoms with E-state index in [0.29, 0.717) is 5.52 Å². The van der Waals surface area contributed by atoms with Crippen molar-refractivity contribution in [2.24, 2.45) is 0 Å². The van der Waals surface area contributed by atoms with Crippen LogP contribution in [0.5, 0.6) is 0 Å². The molecule has 0 fully saturated rings. The number of fused-ring (bicyclic) bond motifs is 1. The Balaban J connectivity index is 2.30. The van der Waals surface area contributed by atoms with Crippen LogP contribution < -0.4 is 0 Å². The number of nitrogens with zero attached hydrogens (tertiary/aromatic N) is 3. The molecule has 0 bridgehead atoms. The minimum atomic E-state index is -3.77. The second kappa shape index (κ2) is 4.98. The third-order valence-corrected chi connectivity index (χ3v) is 5.08. The second-order valence-electron chi connectivity index (χ2n) is 4.45. The lowest BCUT2D eigenvalue weighted by atomic mass is 10.2. The number of halogens is 2. The predicted molar refractivity (Wildman–Crippen MR) is 81.3 cm³/mol. The molecule has 8 heteroatoms. The molecule has 0 saturated carbocycles. The average Bonchev–Trinajstić information content (AvgIpc) is 2.83. The molecular weight excluding hydrogens is 333 g/mol. The highest BCUT2D eigenvalue weighted by Crippen LogP contribution is 2.27. The van der Waals surface area contributed by atoms with Gasteiger partial charge in [0.2, 0.25) is 5.28 Å². The molecular formula is C13H9Cl2N3O2S. The van der Waals surface area contributed by atoms with Crippen molar-refractivity contribution < 1.29 is 8.42 Å². The molecule has 0 spiro atoms. The number of rotatable bonds is 2. The quantitative estimate of drug-likeness (QED) is 0.530. The highest BCUT2D eigenvalue weighted by atomic mass is 35.5. The summed E-state index contributed by atoms with van der Waals surface area (Å²) < 4.78 is 26.5. The normalized spacial score (nSPS) is 12.0. The van der Waals surface area contributed by atoms with Crippen molar-refractivity contribution in [3.05, 3.63) is 52.5 Å². The molecule has 2 aromatic heterocycles. The summed E-state index contributed by atoms with van der Waals surface area (Å²) in [6.07, 6.45) is 1.39. The van der Waals surface area contributed by atoms with Crippen molar-refractivity contribution in [1.29, 1.82) is 0 Å². The van der Waals surface area contributed by atoms with Crippen LogP contribution in [0.1, 0.15) is 5.56 Å². The Morgan fingerprint density at radius 1 is 1.14 bits per heavy atom. The summed E-state index contributed by atoms with van der Waals surface area (Å²) in [5.74, 6) is 0. The van der Waals surface area contributed by atoms with E-state index in [4.69, 9.17) is 23.2 Å². The summed E-state index contributed by atoms with van der Waals surface area (Å²) in [4.78, 5) is 7.93. The average molecular weight is 342 g/mol. The first-order valence-electron chi connectivity index (χ1n) is 5.92. The lowest BCUT2D eigenvalue weighted by molar-refractivity contribution is 0.589. The molecule has 0 aliphatic heterocycles. The second-order valence-corrected chi connectivity index (χ2v) is 6.96. The molecule has 0 aliphatic rings. The van der Waals surface area contributed by atoms with E-state index in [1.165, 1.54) is 18.3 Å². The molecule has 2 heterocycles. The molecule has 1 aromatic carbocycles. The van der Waals surface area contributed by atoms with E-state index < -0.39 is 10.0 Å². The number of aromatic nitrogens is 3. The number of aryl methyl sites for hydroxylation is 1. The Labute approximate surface area is 131 Å². The molecule has 5 nitrogen and oxygen atoms in total. The van der Waals surface area contributed by atoms with Gasteiger partial charge in [-0.3, -0.25) is 0 Å². The fourth-order valence-electron chi connectivity index (χ4n) is 2.04. The maximum Gasteiger partial charge on any atom is 0.268 e. The van der Waals surface area contributed by atoms with Gasteiger partial charge in [-0.15, -0.1) is 0 Å². The summed E-state index contributed by atoms with van der Waals surface area (Å²) in [6.45, 7) is 1.82. The van der Waals surface area contributed by atoms with Crippen LogP contribution in [-0.2, 0) is 10.0 Å². The number of hydrogen-bond acceptors (Lipinski definition) is 4.